The van der Waals surface area contributed by atoms with Gasteiger partial charge in [-0.05, 0) is 12.8 Å². The highest BCUT2D eigenvalue weighted by molar-refractivity contribution is 7.81. The second-order valence-electron chi connectivity index (χ2n) is 13.4. The number of thiol groups is 2. The smallest absolute Gasteiger partial charge is 0.315 e. The summed E-state index contributed by atoms with van der Waals surface area (Å²) in [5, 5.41) is 0. The van der Waals surface area contributed by atoms with Crippen LogP contribution in [0.5, 0.6) is 0 Å². The van der Waals surface area contributed by atoms with E-state index in [1.807, 2.05) is 0 Å². The van der Waals surface area contributed by atoms with Crippen LogP contribution in [-0.2, 0) is 19.1 Å². The molecule has 276 valence electrons. The molecule has 0 aliphatic carbocycles. The van der Waals surface area contributed by atoms with Crippen molar-refractivity contribution in [3.8, 4) is 0 Å². The number of carbonyl (C=O) groups is 2. The molecule has 0 saturated heterocycles. The Balaban J connectivity index is 0. The zero-order chi connectivity index (χ0) is 34.0. The van der Waals surface area contributed by atoms with Crippen molar-refractivity contribution < 1.29 is 19.1 Å². The van der Waals surface area contributed by atoms with Crippen LogP contribution in [0.2, 0.25) is 0 Å². The summed E-state index contributed by atoms with van der Waals surface area (Å²) in [6.07, 6.45) is 43.6. The van der Waals surface area contributed by atoms with E-state index in [1.54, 1.807) is 0 Å². The van der Waals surface area contributed by atoms with Gasteiger partial charge >= 0.3 is 11.9 Å². The number of hydrogen-bond acceptors (Lipinski definition) is 6. The number of hydrogen-bond donors (Lipinski definition) is 2. The zero-order valence-corrected chi connectivity index (χ0v) is 32.8. The Labute approximate surface area is 299 Å². The molecule has 0 aliphatic heterocycles. The molecular formula is C40H80O4S2. The Kier molecular flexibility index (Phi) is 46.3. The summed E-state index contributed by atoms with van der Waals surface area (Å²) in [7, 11) is 0. The van der Waals surface area contributed by atoms with Crippen LogP contribution in [0, 0.1) is 0 Å². The highest BCUT2D eigenvalue weighted by atomic mass is 32.1. The molecule has 0 aromatic rings. The summed E-state index contributed by atoms with van der Waals surface area (Å²) in [4.78, 5) is 21.7. The first-order valence-corrected chi connectivity index (χ1v) is 21.4. The Morgan fingerprint density at radius 2 is 0.500 bits per heavy atom. The molecule has 0 amide bonds. The lowest BCUT2D eigenvalue weighted by Crippen LogP contribution is -2.06. The van der Waals surface area contributed by atoms with E-state index in [1.165, 1.54) is 193 Å². The Bertz CT molecular complexity index is 538. The van der Waals surface area contributed by atoms with Crippen LogP contribution in [0.1, 0.15) is 219 Å². The normalized spacial score (nSPS) is 10.9. The van der Waals surface area contributed by atoms with Crippen molar-refractivity contribution in [3.63, 3.8) is 0 Å². The molecular weight excluding hydrogens is 609 g/mol. The Morgan fingerprint density at radius 3 is 0.674 bits per heavy atom. The first-order chi connectivity index (χ1) is 22.6. The molecule has 0 fully saturated rings. The number of unbranched alkanes of at least 4 members (excludes halogenated alkanes) is 30. The van der Waals surface area contributed by atoms with Gasteiger partial charge < -0.3 is 9.47 Å². The molecule has 0 saturated carbocycles. The minimum absolute atomic E-state index is 0.193. The van der Waals surface area contributed by atoms with Gasteiger partial charge in [-0.3, -0.25) is 9.59 Å². The van der Waals surface area contributed by atoms with Crippen LogP contribution >= 0.6 is 25.3 Å². The molecule has 0 atom stereocenters. The molecule has 0 heterocycles. The lowest BCUT2D eigenvalue weighted by molar-refractivity contribution is -0.141. The van der Waals surface area contributed by atoms with Gasteiger partial charge in [-0.15, -0.1) is 0 Å². The van der Waals surface area contributed by atoms with Crippen molar-refractivity contribution in [1.29, 1.82) is 0 Å². The topological polar surface area (TPSA) is 52.6 Å². The summed E-state index contributed by atoms with van der Waals surface area (Å²) in [6.45, 7) is 5.69. The van der Waals surface area contributed by atoms with Gasteiger partial charge in [0.1, 0.15) is 0 Å². The lowest BCUT2D eigenvalue weighted by Gasteiger charge is -2.04. The predicted octanol–water partition coefficient (Wildman–Crippen LogP) is 13.4. The summed E-state index contributed by atoms with van der Waals surface area (Å²) >= 11 is 7.75. The molecule has 0 spiro atoms. The van der Waals surface area contributed by atoms with E-state index in [2.05, 4.69) is 39.1 Å². The van der Waals surface area contributed by atoms with Crippen LogP contribution in [0.3, 0.4) is 0 Å². The van der Waals surface area contributed by atoms with E-state index in [4.69, 9.17) is 9.47 Å². The van der Waals surface area contributed by atoms with E-state index < -0.39 is 0 Å². The van der Waals surface area contributed by atoms with Gasteiger partial charge in [-0.1, -0.05) is 206 Å². The van der Waals surface area contributed by atoms with Gasteiger partial charge in [0.25, 0.3) is 0 Å². The van der Waals surface area contributed by atoms with E-state index >= 15 is 0 Å². The van der Waals surface area contributed by atoms with Crippen LogP contribution in [0.25, 0.3) is 0 Å². The van der Waals surface area contributed by atoms with Crippen LogP contribution < -0.4 is 0 Å². The molecule has 46 heavy (non-hydrogen) atoms. The highest BCUT2D eigenvalue weighted by Gasteiger charge is 2.00. The molecule has 0 aliphatic rings. The largest absolute Gasteiger partial charge is 0.465 e. The minimum atomic E-state index is -0.200. The molecule has 0 rings (SSSR count). The summed E-state index contributed by atoms with van der Waals surface area (Å²) < 4.78 is 9.99. The Morgan fingerprint density at radius 1 is 0.326 bits per heavy atom. The number of ether oxygens (including phenoxy) is 2. The fourth-order valence-electron chi connectivity index (χ4n) is 5.76. The number of rotatable bonds is 36. The quantitative estimate of drug-likeness (QED) is 0.0391. The van der Waals surface area contributed by atoms with E-state index in [0.29, 0.717) is 13.2 Å². The van der Waals surface area contributed by atoms with E-state index in [9.17, 15) is 9.59 Å². The van der Waals surface area contributed by atoms with E-state index in [0.717, 1.165) is 12.8 Å². The van der Waals surface area contributed by atoms with Crippen molar-refractivity contribution in [2.24, 2.45) is 0 Å². The third-order valence-corrected chi connectivity index (χ3v) is 9.30. The van der Waals surface area contributed by atoms with Crippen LogP contribution in [0.15, 0.2) is 0 Å². The van der Waals surface area contributed by atoms with Gasteiger partial charge in [-0.2, -0.15) is 25.3 Å². The minimum Gasteiger partial charge on any atom is -0.465 e. The van der Waals surface area contributed by atoms with Crippen molar-refractivity contribution >= 4 is 37.2 Å². The average molecular weight is 689 g/mol. The van der Waals surface area contributed by atoms with Crippen LogP contribution in [-0.4, -0.2) is 36.7 Å². The predicted molar refractivity (Wildman–Crippen MR) is 209 cm³/mol. The SMILES string of the molecule is CCCCCCCCCCCCCCCCCCOC(=O)CS.CCCCCCCCCCCCCCCCCCOC(=O)CS. The molecule has 0 bridgehead atoms. The fraction of sp³-hybridized carbons (Fsp3) is 0.950. The monoisotopic (exact) mass is 689 g/mol. The number of carbonyl (C=O) groups excluding carboxylic acids is 2. The van der Waals surface area contributed by atoms with Crippen molar-refractivity contribution in [2.75, 3.05) is 24.7 Å². The summed E-state index contributed by atoms with van der Waals surface area (Å²) in [5.41, 5.74) is 0. The molecule has 0 unspecified atom stereocenters. The first-order valence-electron chi connectivity index (χ1n) is 20.1. The zero-order valence-electron chi connectivity index (χ0n) is 31.0. The van der Waals surface area contributed by atoms with Crippen molar-refractivity contribution in [2.45, 2.75) is 219 Å². The molecule has 0 N–H and O–H groups in total. The van der Waals surface area contributed by atoms with Gasteiger partial charge in [0.2, 0.25) is 0 Å². The van der Waals surface area contributed by atoms with Crippen LogP contribution in [0.4, 0.5) is 0 Å². The van der Waals surface area contributed by atoms with Gasteiger partial charge in [-0.25, -0.2) is 0 Å². The third kappa shape index (κ3) is 45.8. The molecule has 6 heteroatoms. The fourth-order valence-corrected chi connectivity index (χ4v) is 5.95. The average Bonchev–Trinajstić information content (AvgIpc) is 3.07. The summed E-state index contributed by atoms with van der Waals surface area (Å²) in [6, 6.07) is 0. The highest BCUT2D eigenvalue weighted by Crippen LogP contribution is 2.15. The van der Waals surface area contributed by atoms with Gasteiger partial charge in [0.15, 0.2) is 0 Å². The van der Waals surface area contributed by atoms with E-state index in [-0.39, 0.29) is 23.4 Å². The standard InChI is InChI=1S/2C20H40O2S/c2*1-2-3-4-5-6-7-8-9-10-11-12-13-14-15-16-17-18-22-20(21)19-23/h2*23H,2-19H2,1H3. The second kappa shape index (κ2) is 44.6. The lowest BCUT2D eigenvalue weighted by atomic mass is 10.0. The number of esters is 2. The van der Waals surface area contributed by atoms with Gasteiger partial charge in [0.05, 0.1) is 24.7 Å². The maximum absolute atomic E-state index is 10.9. The molecule has 0 aromatic heterocycles. The maximum Gasteiger partial charge on any atom is 0.315 e. The van der Waals surface area contributed by atoms with Crippen molar-refractivity contribution in [3.05, 3.63) is 0 Å². The third-order valence-electron chi connectivity index (χ3n) is 8.78. The Hall–Kier alpha value is -0.360. The summed E-state index contributed by atoms with van der Waals surface area (Å²) in [5.74, 6) is -0.0128. The molecule has 4 nitrogen and oxygen atoms in total. The maximum atomic E-state index is 10.9. The first kappa shape index (κ1) is 47.8. The molecule has 0 radical (unpaired) electrons. The molecule has 0 aromatic carbocycles. The second-order valence-corrected chi connectivity index (χ2v) is 14.0. The van der Waals surface area contributed by atoms with Gasteiger partial charge in [0, 0.05) is 0 Å². The van der Waals surface area contributed by atoms with Crippen molar-refractivity contribution in [1.82, 2.24) is 0 Å².